The van der Waals surface area contributed by atoms with E-state index in [0.29, 0.717) is 16.7 Å². The lowest BCUT2D eigenvalue weighted by molar-refractivity contribution is -0.113. The van der Waals surface area contributed by atoms with E-state index in [1.807, 2.05) is 0 Å². The van der Waals surface area contributed by atoms with Crippen molar-refractivity contribution >= 4 is 29.0 Å². The minimum atomic E-state index is -0.443. The van der Waals surface area contributed by atoms with Crippen molar-refractivity contribution in [3.8, 4) is 0 Å². The maximum Gasteiger partial charge on any atom is 0.234 e. The molecule has 0 spiro atoms. The normalized spacial score (nSPS) is 10.4. The average molecular weight is 281 g/mol. The molecule has 0 saturated carbocycles. The van der Waals surface area contributed by atoms with Gasteiger partial charge < -0.3 is 11.1 Å². The molecule has 2 rings (SSSR count). The SMILES string of the molecule is Cc1nc(SCC(=O)Nc2ccc(F)cc2N)n[nH]1. The third-order valence-corrected chi connectivity index (χ3v) is 3.04. The van der Waals surface area contributed by atoms with Crippen molar-refractivity contribution in [3.05, 3.63) is 29.8 Å². The first-order chi connectivity index (χ1) is 9.04. The number of H-pyrrole nitrogens is 1. The largest absolute Gasteiger partial charge is 0.397 e. The van der Waals surface area contributed by atoms with Gasteiger partial charge >= 0.3 is 0 Å². The number of nitrogens with zero attached hydrogens (tertiary/aromatic N) is 2. The average Bonchev–Trinajstić information content (AvgIpc) is 2.76. The summed E-state index contributed by atoms with van der Waals surface area (Å²) in [5.74, 6) is 0.131. The number of halogens is 1. The molecule has 0 bridgehead atoms. The van der Waals surface area contributed by atoms with Gasteiger partial charge in [-0.25, -0.2) is 9.37 Å². The Hall–Kier alpha value is -2.09. The maximum atomic E-state index is 12.8. The number of nitrogens with two attached hydrogens (primary N) is 1. The van der Waals surface area contributed by atoms with Crippen molar-refractivity contribution in [3.63, 3.8) is 0 Å². The van der Waals surface area contributed by atoms with E-state index in [2.05, 4.69) is 20.5 Å². The third kappa shape index (κ3) is 3.68. The van der Waals surface area contributed by atoms with Crippen LogP contribution in [0.25, 0.3) is 0 Å². The predicted octanol–water partition coefficient (Wildman–Crippen LogP) is 1.57. The summed E-state index contributed by atoms with van der Waals surface area (Å²) in [4.78, 5) is 15.7. The summed E-state index contributed by atoms with van der Waals surface area (Å²) in [5.41, 5.74) is 6.16. The highest BCUT2D eigenvalue weighted by Crippen LogP contribution is 2.20. The van der Waals surface area contributed by atoms with E-state index < -0.39 is 5.82 Å². The van der Waals surface area contributed by atoms with Gasteiger partial charge in [-0.15, -0.1) is 5.10 Å². The Morgan fingerprint density at radius 2 is 2.37 bits per heavy atom. The Bertz CT molecular complexity index is 601. The molecule has 1 aromatic heterocycles. The van der Waals surface area contributed by atoms with Crippen molar-refractivity contribution in [1.82, 2.24) is 15.2 Å². The molecule has 0 aliphatic rings. The number of amides is 1. The maximum absolute atomic E-state index is 12.8. The van der Waals surface area contributed by atoms with Gasteiger partial charge in [0.25, 0.3) is 0 Å². The number of anilines is 2. The van der Waals surface area contributed by atoms with Gasteiger partial charge in [0.15, 0.2) is 0 Å². The number of hydrogen-bond donors (Lipinski definition) is 3. The number of aromatic amines is 1. The lowest BCUT2D eigenvalue weighted by Crippen LogP contribution is -2.15. The number of thioether (sulfide) groups is 1. The molecule has 0 atom stereocenters. The number of rotatable bonds is 4. The van der Waals surface area contributed by atoms with Crippen LogP contribution in [0.1, 0.15) is 5.82 Å². The zero-order chi connectivity index (χ0) is 13.8. The van der Waals surface area contributed by atoms with E-state index in [1.165, 1.54) is 23.9 Å². The number of carbonyl (C=O) groups excluding carboxylic acids is 1. The lowest BCUT2D eigenvalue weighted by Gasteiger charge is -2.07. The Kier molecular flexibility index (Phi) is 4.00. The van der Waals surface area contributed by atoms with Crippen molar-refractivity contribution in [1.29, 1.82) is 0 Å². The fraction of sp³-hybridized carbons (Fsp3) is 0.182. The topological polar surface area (TPSA) is 96.7 Å². The van der Waals surface area contributed by atoms with Crippen molar-refractivity contribution in [2.75, 3.05) is 16.8 Å². The minimum absolute atomic E-state index is 0.147. The standard InChI is InChI=1S/C11H12FN5OS/c1-6-14-11(17-16-6)19-5-10(18)15-9-3-2-7(12)4-8(9)13/h2-4H,5,13H2,1H3,(H,15,18)(H,14,16,17). The molecule has 19 heavy (non-hydrogen) atoms. The van der Waals surface area contributed by atoms with Crippen LogP contribution >= 0.6 is 11.8 Å². The number of nitrogen functional groups attached to an aromatic ring is 1. The highest BCUT2D eigenvalue weighted by atomic mass is 32.2. The van der Waals surface area contributed by atoms with Crippen LogP contribution in [0.3, 0.4) is 0 Å². The molecule has 1 heterocycles. The Labute approximate surface area is 113 Å². The second-order valence-corrected chi connectivity index (χ2v) is 4.71. The minimum Gasteiger partial charge on any atom is -0.397 e. The number of hydrogen-bond acceptors (Lipinski definition) is 5. The van der Waals surface area contributed by atoms with Crippen LogP contribution in [-0.2, 0) is 4.79 Å². The number of aromatic nitrogens is 3. The molecular formula is C11H12FN5OS. The first-order valence-electron chi connectivity index (χ1n) is 5.41. The molecule has 100 valence electrons. The van der Waals surface area contributed by atoms with Crippen LogP contribution in [0.4, 0.5) is 15.8 Å². The predicted molar refractivity (Wildman–Crippen MR) is 71.3 cm³/mol. The third-order valence-electron chi connectivity index (χ3n) is 2.20. The summed E-state index contributed by atoms with van der Waals surface area (Å²) in [7, 11) is 0. The molecule has 4 N–H and O–H groups in total. The van der Waals surface area contributed by atoms with E-state index in [4.69, 9.17) is 5.73 Å². The Morgan fingerprint density at radius 1 is 1.58 bits per heavy atom. The van der Waals surface area contributed by atoms with E-state index in [1.54, 1.807) is 6.92 Å². The second kappa shape index (κ2) is 5.70. The summed E-state index contributed by atoms with van der Waals surface area (Å²) in [6.07, 6.45) is 0. The fourth-order valence-electron chi connectivity index (χ4n) is 1.35. The molecule has 0 fully saturated rings. The molecule has 1 amide bonds. The van der Waals surface area contributed by atoms with Crippen LogP contribution in [0.5, 0.6) is 0 Å². The van der Waals surface area contributed by atoms with Crippen molar-refractivity contribution in [2.45, 2.75) is 12.1 Å². The van der Waals surface area contributed by atoms with E-state index in [9.17, 15) is 9.18 Å². The molecule has 6 nitrogen and oxygen atoms in total. The van der Waals surface area contributed by atoms with Crippen LogP contribution in [0.2, 0.25) is 0 Å². The van der Waals surface area contributed by atoms with Gasteiger partial charge in [0.05, 0.1) is 17.1 Å². The monoisotopic (exact) mass is 281 g/mol. The zero-order valence-electron chi connectivity index (χ0n) is 10.1. The van der Waals surface area contributed by atoms with Gasteiger partial charge in [0.1, 0.15) is 11.6 Å². The van der Waals surface area contributed by atoms with Gasteiger partial charge in [0.2, 0.25) is 11.1 Å². The summed E-state index contributed by atoms with van der Waals surface area (Å²) in [6.45, 7) is 1.77. The number of nitrogens with one attached hydrogen (secondary N) is 2. The van der Waals surface area contributed by atoms with Crippen molar-refractivity contribution < 1.29 is 9.18 Å². The summed E-state index contributed by atoms with van der Waals surface area (Å²) >= 11 is 1.20. The molecule has 0 radical (unpaired) electrons. The van der Waals surface area contributed by atoms with Crippen LogP contribution < -0.4 is 11.1 Å². The highest BCUT2D eigenvalue weighted by Gasteiger charge is 2.08. The quantitative estimate of drug-likeness (QED) is 0.584. The number of benzene rings is 1. The Balaban J connectivity index is 1.90. The van der Waals surface area contributed by atoms with Crippen LogP contribution in [0.15, 0.2) is 23.4 Å². The van der Waals surface area contributed by atoms with E-state index in [-0.39, 0.29) is 17.3 Å². The molecule has 0 saturated heterocycles. The summed E-state index contributed by atoms with van der Waals surface area (Å²) < 4.78 is 12.8. The number of aryl methyl sites for hydroxylation is 1. The molecule has 0 unspecified atom stereocenters. The summed E-state index contributed by atoms with van der Waals surface area (Å²) in [6, 6.07) is 3.81. The van der Waals surface area contributed by atoms with Gasteiger partial charge in [-0.3, -0.25) is 9.89 Å². The fourth-order valence-corrected chi connectivity index (χ4v) is 1.99. The summed E-state index contributed by atoms with van der Waals surface area (Å²) in [5, 5.41) is 9.68. The smallest absolute Gasteiger partial charge is 0.234 e. The van der Waals surface area contributed by atoms with Crippen LogP contribution in [-0.4, -0.2) is 26.8 Å². The first-order valence-corrected chi connectivity index (χ1v) is 6.40. The van der Waals surface area contributed by atoms with Gasteiger partial charge in [-0.05, 0) is 25.1 Å². The second-order valence-electron chi connectivity index (χ2n) is 3.77. The molecular weight excluding hydrogens is 269 g/mol. The van der Waals surface area contributed by atoms with E-state index >= 15 is 0 Å². The lowest BCUT2D eigenvalue weighted by atomic mass is 10.2. The van der Waals surface area contributed by atoms with Crippen LogP contribution in [0, 0.1) is 12.7 Å². The van der Waals surface area contributed by atoms with Gasteiger partial charge in [0, 0.05) is 0 Å². The first kappa shape index (κ1) is 13.3. The molecule has 0 aliphatic heterocycles. The molecule has 1 aromatic carbocycles. The van der Waals surface area contributed by atoms with Crippen molar-refractivity contribution in [2.24, 2.45) is 0 Å². The molecule has 2 aromatic rings. The van der Waals surface area contributed by atoms with Gasteiger partial charge in [-0.1, -0.05) is 11.8 Å². The molecule has 8 heteroatoms. The van der Waals surface area contributed by atoms with Gasteiger partial charge in [-0.2, -0.15) is 0 Å². The van der Waals surface area contributed by atoms with E-state index in [0.717, 1.165) is 6.07 Å². The Morgan fingerprint density at radius 3 is 3.00 bits per heavy atom. The number of carbonyl (C=O) groups is 1. The molecule has 0 aliphatic carbocycles. The highest BCUT2D eigenvalue weighted by molar-refractivity contribution is 7.99. The zero-order valence-corrected chi connectivity index (χ0v) is 10.9.